The van der Waals surface area contributed by atoms with E-state index in [1.165, 1.54) is 60.7 Å². The van der Waals surface area contributed by atoms with Gasteiger partial charge in [-0.15, -0.1) is 0 Å². The number of sulfone groups is 1. The molecule has 3 aromatic carbocycles. The molecule has 0 aliphatic carbocycles. The number of alkyl halides is 6. The number of rotatable bonds is 8. The van der Waals surface area contributed by atoms with Crippen LogP contribution >= 0.6 is 0 Å². The largest absolute Gasteiger partial charge is 0.416 e. The molecule has 0 saturated heterocycles. The number of allylic oxidation sites excluding steroid dienone is 2. The molecule has 39 heavy (non-hydrogen) atoms. The van der Waals surface area contributed by atoms with E-state index in [1.807, 2.05) is 0 Å². The SMILES string of the molecule is O=C(/C=C/C=C(c1ccc(C(F)(F)F)cc1)c1ccc(C(F)(F)F)cc1)Nc1cccc(S(=O)(=O)CCO)c1. The van der Waals surface area contributed by atoms with Crippen molar-refractivity contribution >= 4 is 27.0 Å². The molecular weight excluding hydrogens is 548 g/mol. The van der Waals surface area contributed by atoms with Crippen molar-refractivity contribution < 1.29 is 44.7 Å². The maximum Gasteiger partial charge on any atom is 0.416 e. The maximum absolute atomic E-state index is 13.0. The lowest BCUT2D eigenvalue weighted by Gasteiger charge is -2.12. The van der Waals surface area contributed by atoms with Gasteiger partial charge in [0.2, 0.25) is 5.91 Å². The molecule has 1 amide bonds. The second-order valence-corrected chi connectivity index (χ2v) is 10.3. The summed E-state index contributed by atoms with van der Waals surface area (Å²) in [5.41, 5.74) is -0.895. The van der Waals surface area contributed by atoms with E-state index < -0.39 is 51.6 Å². The average molecular weight is 570 g/mol. The highest BCUT2D eigenvalue weighted by molar-refractivity contribution is 7.91. The number of aliphatic hydroxyl groups excluding tert-OH is 1. The summed E-state index contributed by atoms with van der Waals surface area (Å²) in [6.45, 7) is -0.575. The molecule has 0 atom stereocenters. The predicted molar refractivity (Wildman–Crippen MR) is 133 cm³/mol. The quantitative estimate of drug-likeness (QED) is 0.195. The third-order valence-corrected chi connectivity index (χ3v) is 7.07. The highest BCUT2D eigenvalue weighted by Gasteiger charge is 2.31. The zero-order valence-electron chi connectivity index (χ0n) is 19.9. The van der Waals surface area contributed by atoms with Crippen LogP contribution in [0.25, 0.3) is 5.57 Å². The summed E-state index contributed by atoms with van der Waals surface area (Å²) >= 11 is 0. The number of carbonyl (C=O) groups is 1. The van der Waals surface area contributed by atoms with E-state index in [-0.39, 0.29) is 27.3 Å². The minimum absolute atomic E-state index is 0.106. The van der Waals surface area contributed by atoms with Crippen LogP contribution in [-0.2, 0) is 27.0 Å². The number of amides is 1. The molecule has 0 spiro atoms. The van der Waals surface area contributed by atoms with Gasteiger partial charge in [-0.05, 0) is 59.2 Å². The monoisotopic (exact) mass is 569 g/mol. The molecule has 0 aliphatic heterocycles. The molecule has 0 radical (unpaired) electrons. The van der Waals surface area contributed by atoms with Gasteiger partial charge >= 0.3 is 12.4 Å². The van der Waals surface area contributed by atoms with Crippen molar-refractivity contribution in [1.82, 2.24) is 0 Å². The molecule has 206 valence electrons. The molecule has 2 N–H and O–H groups in total. The number of nitrogens with one attached hydrogen (secondary N) is 1. The predicted octanol–water partition coefficient (Wildman–Crippen LogP) is 6.12. The van der Waals surface area contributed by atoms with Gasteiger partial charge in [-0.3, -0.25) is 4.79 Å². The molecule has 0 aliphatic rings. The van der Waals surface area contributed by atoms with Crippen LogP contribution in [0.5, 0.6) is 0 Å². The standard InChI is InChI=1S/C27H21F6NO4S/c28-26(29,30)20-11-7-18(8-12-20)24(19-9-13-21(14-10-19)27(31,32)33)5-2-6-25(36)34-22-3-1-4-23(17-22)39(37,38)16-15-35/h1-14,17,35H,15-16H2,(H,34,36)/b6-2+. The van der Waals surface area contributed by atoms with Crippen molar-refractivity contribution in [1.29, 1.82) is 0 Å². The Morgan fingerprint density at radius 2 is 1.33 bits per heavy atom. The van der Waals surface area contributed by atoms with E-state index in [2.05, 4.69) is 5.32 Å². The van der Waals surface area contributed by atoms with Gasteiger partial charge in [0.1, 0.15) is 0 Å². The number of hydrogen-bond donors (Lipinski definition) is 2. The molecular formula is C27H21F6NO4S. The molecule has 5 nitrogen and oxygen atoms in total. The third-order valence-electron chi connectivity index (χ3n) is 5.38. The van der Waals surface area contributed by atoms with Gasteiger partial charge in [-0.25, -0.2) is 8.42 Å². The summed E-state index contributed by atoms with van der Waals surface area (Å²) < 4.78 is 102. The van der Waals surface area contributed by atoms with Crippen LogP contribution in [0.4, 0.5) is 32.0 Å². The van der Waals surface area contributed by atoms with Crippen LogP contribution in [0.3, 0.4) is 0 Å². The van der Waals surface area contributed by atoms with Gasteiger partial charge in [0.25, 0.3) is 0 Å². The van der Waals surface area contributed by atoms with Crippen LogP contribution in [-0.4, -0.2) is 31.8 Å². The maximum atomic E-state index is 13.0. The zero-order valence-corrected chi connectivity index (χ0v) is 20.7. The summed E-state index contributed by atoms with van der Waals surface area (Å²) in [4.78, 5) is 12.3. The van der Waals surface area contributed by atoms with Gasteiger partial charge in [0.05, 0.1) is 28.4 Å². The van der Waals surface area contributed by atoms with E-state index in [1.54, 1.807) is 0 Å². The number of anilines is 1. The van der Waals surface area contributed by atoms with Gasteiger partial charge < -0.3 is 10.4 Å². The van der Waals surface area contributed by atoms with Crippen LogP contribution in [0.1, 0.15) is 22.3 Å². The molecule has 0 unspecified atom stereocenters. The topological polar surface area (TPSA) is 83.5 Å². The second kappa shape index (κ2) is 11.9. The second-order valence-electron chi connectivity index (χ2n) is 8.15. The Balaban J connectivity index is 1.89. The van der Waals surface area contributed by atoms with Crippen LogP contribution in [0.2, 0.25) is 0 Å². The molecule has 0 fully saturated rings. The van der Waals surface area contributed by atoms with Crippen LogP contribution in [0.15, 0.2) is 95.9 Å². The van der Waals surface area contributed by atoms with Crippen molar-refractivity contribution in [3.8, 4) is 0 Å². The van der Waals surface area contributed by atoms with E-state index in [9.17, 15) is 39.6 Å². The number of benzene rings is 3. The fourth-order valence-corrected chi connectivity index (χ4v) is 4.53. The van der Waals surface area contributed by atoms with Crippen LogP contribution in [0, 0.1) is 0 Å². The molecule has 0 heterocycles. The molecule has 0 saturated carbocycles. The van der Waals surface area contributed by atoms with E-state index in [4.69, 9.17) is 5.11 Å². The highest BCUT2D eigenvalue weighted by Crippen LogP contribution is 2.33. The minimum atomic E-state index is -4.58. The van der Waals surface area contributed by atoms with E-state index in [0.717, 1.165) is 30.3 Å². The lowest BCUT2D eigenvalue weighted by atomic mass is 9.95. The minimum Gasteiger partial charge on any atom is -0.395 e. The smallest absolute Gasteiger partial charge is 0.395 e. The Morgan fingerprint density at radius 3 is 1.79 bits per heavy atom. The molecule has 0 bridgehead atoms. The third kappa shape index (κ3) is 8.04. The summed E-state index contributed by atoms with van der Waals surface area (Å²) in [5, 5.41) is 11.4. The first-order valence-electron chi connectivity index (χ1n) is 11.2. The fourth-order valence-electron chi connectivity index (χ4n) is 3.46. The van der Waals surface area contributed by atoms with Gasteiger partial charge in [-0.2, -0.15) is 26.3 Å². The van der Waals surface area contributed by atoms with Gasteiger partial charge in [0, 0.05) is 11.8 Å². The van der Waals surface area contributed by atoms with Crippen molar-refractivity contribution in [2.75, 3.05) is 17.7 Å². The summed E-state index contributed by atoms with van der Waals surface area (Å²) in [5.74, 6) is -1.17. The average Bonchev–Trinajstić information content (AvgIpc) is 2.86. The summed E-state index contributed by atoms with van der Waals surface area (Å²) in [6.07, 6.45) is -5.49. The first kappa shape index (κ1) is 29.7. The van der Waals surface area contributed by atoms with Crippen molar-refractivity contribution in [3.05, 3.63) is 113 Å². The summed E-state index contributed by atoms with van der Waals surface area (Å²) in [6, 6.07) is 13.4. The van der Waals surface area contributed by atoms with Gasteiger partial charge in [0.15, 0.2) is 9.84 Å². The van der Waals surface area contributed by atoms with Crippen LogP contribution < -0.4 is 5.32 Å². The Kier molecular flexibility index (Phi) is 9.03. The highest BCUT2D eigenvalue weighted by atomic mass is 32.2. The van der Waals surface area contributed by atoms with Crippen molar-refractivity contribution in [2.45, 2.75) is 17.2 Å². The Bertz CT molecular complexity index is 1410. The molecule has 12 heteroatoms. The Hall–Kier alpha value is -3.90. The lowest BCUT2D eigenvalue weighted by molar-refractivity contribution is -0.138. The van der Waals surface area contributed by atoms with E-state index >= 15 is 0 Å². The molecule has 3 aromatic rings. The molecule has 0 aromatic heterocycles. The first-order chi connectivity index (χ1) is 18.2. The number of hydrogen-bond acceptors (Lipinski definition) is 4. The Morgan fingerprint density at radius 1 is 0.821 bits per heavy atom. The fraction of sp³-hybridized carbons (Fsp3) is 0.148. The normalized spacial score (nSPS) is 12.4. The lowest BCUT2D eigenvalue weighted by Crippen LogP contribution is -2.12. The van der Waals surface area contributed by atoms with Crippen molar-refractivity contribution in [3.63, 3.8) is 0 Å². The van der Waals surface area contributed by atoms with Crippen molar-refractivity contribution in [2.24, 2.45) is 0 Å². The number of aliphatic hydroxyl groups is 1. The van der Waals surface area contributed by atoms with Gasteiger partial charge in [-0.1, -0.05) is 42.5 Å². The summed E-state index contributed by atoms with van der Waals surface area (Å²) in [7, 11) is -3.75. The Labute approximate surface area is 220 Å². The molecule has 3 rings (SSSR count). The first-order valence-corrected chi connectivity index (χ1v) is 12.8. The number of halogens is 6. The zero-order chi connectivity index (χ0) is 28.8. The van der Waals surface area contributed by atoms with E-state index in [0.29, 0.717) is 0 Å². The number of carbonyl (C=O) groups excluding carboxylic acids is 1.